The van der Waals surface area contributed by atoms with Crippen LogP contribution in [0.4, 0.5) is 16.6 Å². The second-order valence-corrected chi connectivity index (χ2v) is 14.1. The van der Waals surface area contributed by atoms with Crippen LogP contribution < -0.4 is 21.3 Å². The molecule has 3 amide bonds. The van der Waals surface area contributed by atoms with Crippen molar-refractivity contribution in [1.29, 1.82) is 0 Å². The van der Waals surface area contributed by atoms with E-state index in [2.05, 4.69) is 44.3 Å². The lowest BCUT2D eigenvalue weighted by molar-refractivity contribution is -0.133. The summed E-state index contributed by atoms with van der Waals surface area (Å²) < 4.78 is 11.4. The minimum atomic E-state index is -0.482. The molecule has 3 heterocycles. The second kappa shape index (κ2) is 19.3. The van der Waals surface area contributed by atoms with Crippen LogP contribution in [-0.4, -0.2) is 78.7 Å². The van der Waals surface area contributed by atoms with E-state index in [1.54, 1.807) is 13.2 Å². The van der Waals surface area contributed by atoms with Crippen molar-refractivity contribution in [2.75, 3.05) is 50.7 Å². The fourth-order valence-corrected chi connectivity index (χ4v) is 7.45. The first-order valence-corrected chi connectivity index (χ1v) is 19.0. The Labute approximate surface area is 310 Å². The van der Waals surface area contributed by atoms with Crippen LogP contribution in [0.15, 0.2) is 67.2 Å². The lowest BCUT2D eigenvalue weighted by atomic mass is 9.70. The number of ether oxygens (including phenoxy) is 2. The summed E-state index contributed by atoms with van der Waals surface area (Å²) in [4.78, 5) is 49.3. The third kappa shape index (κ3) is 10.5. The molecule has 0 radical (unpaired) electrons. The maximum atomic E-state index is 13.5. The quantitative estimate of drug-likeness (QED) is 0.0835. The van der Waals surface area contributed by atoms with Gasteiger partial charge in [-0.3, -0.25) is 14.4 Å². The molecule has 13 heteroatoms. The Morgan fingerprint density at radius 3 is 2.56 bits per heavy atom. The molecule has 1 saturated carbocycles. The Morgan fingerprint density at radius 1 is 1.02 bits per heavy atom. The molecule has 0 saturated heterocycles. The number of carbonyl (C=O) groups is 3. The maximum Gasteiger partial charge on any atom is 0.226 e. The Bertz CT molecular complexity index is 1670. The minimum absolute atomic E-state index is 0.0173. The van der Waals surface area contributed by atoms with E-state index in [4.69, 9.17) is 14.5 Å². The maximum absolute atomic E-state index is 13.5. The standard InChI is InChI=1S/C39H51N7O5S/c1-4-30(14-15-35(47)40-3)46-27-32-31(28(46)2)11-9-12-33(32)44-36(48)16-21-50-23-24-51-22-19-41-37(49)39(17-6-5-7-18-39)26-29-10-8-13-34(43-29)45-38-42-20-25-52-38/h4,8-13,20,25,30H,1-2,5-7,14-19,21-24,26-27H2,3H3,(H,40,47)(H,41,49)(H,44,48)(H,42,43,45). The molecule has 1 aliphatic carbocycles. The van der Waals surface area contributed by atoms with Crippen LogP contribution in [0, 0.1) is 5.41 Å². The molecular weight excluding hydrogens is 679 g/mol. The summed E-state index contributed by atoms with van der Waals surface area (Å²) in [6.45, 7) is 10.6. The topological polar surface area (TPSA) is 147 Å². The van der Waals surface area contributed by atoms with E-state index in [9.17, 15) is 14.4 Å². The highest BCUT2D eigenvalue weighted by atomic mass is 32.1. The number of anilines is 3. The van der Waals surface area contributed by atoms with Gasteiger partial charge in [0.25, 0.3) is 0 Å². The van der Waals surface area contributed by atoms with Crippen LogP contribution in [0.1, 0.15) is 68.2 Å². The van der Waals surface area contributed by atoms with Gasteiger partial charge in [-0.05, 0) is 37.5 Å². The Morgan fingerprint density at radius 2 is 1.81 bits per heavy atom. The summed E-state index contributed by atoms with van der Waals surface area (Å²) in [7, 11) is 1.63. The first-order valence-electron chi connectivity index (χ1n) is 18.1. The number of hydrogen-bond donors (Lipinski definition) is 4. The van der Waals surface area contributed by atoms with Gasteiger partial charge in [0, 0.05) is 78.8 Å². The molecule has 1 aromatic carbocycles. The third-order valence-electron chi connectivity index (χ3n) is 9.72. The number of nitrogens with one attached hydrogen (secondary N) is 4. The number of fused-ring (bicyclic) bond motifs is 1. The molecule has 1 atom stereocenters. The zero-order chi connectivity index (χ0) is 36.8. The van der Waals surface area contributed by atoms with Crippen LogP contribution >= 0.6 is 11.3 Å². The summed E-state index contributed by atoms with van der Waals surface area (Å²) in [6.07, 6.45) is 10.3. The average molecular weight is 730 g/mol. The van der Waals surface area contributed by atoms with Crippen molar-refractivity contribution in [3.8, 4) is 0 Å². The number of nitrogens with zero attached hydrogens (tertiary/aromatic N) is 3. The summed E-state index contributed by atoms with van der Waals surface area (Å²) >= 11 is 1.51. The molecule has 12 nitrogen and oxygen atoms in total. The largest absolute Gasteiger partial charge is 0.379 e. The van der Waals surface area contributed by atoms with E-state index < -0.39 is 5.41 Å². The van der Waals surface area contributed by atoms with Crippen molar-refractivity contribution < 1.29 is 23.9 Å². The molecule has 1 unspecified atom stereocenters. The van der Waals surface area contributed by atoms with Crippen molar-refractivity contribution >= 4 is 51.4 Å². The molecule has 4 N–H and O–H groups in total. The lowest BCUT2D eigenvalue weighted by Crippen LogP contribution is -2.45. The van der Waals surface area contributed by atoms with E-state index in [-0.39, 0.29) is 36.8 Å². The van der Waals surface area contributed by atoms with Crippen LogP contribution in [0.25, 0.3) is 5.70 Å². The van der Waals surface area contributed by atoms with Crippen LogP contribution in [-0.2, 0) is 36.8 Å². The van der Waals surface area contributed by atoms with Crippen LogP contribution in [0.2, 0.25) is 0 Å². The highest BCUT2D eigenvalue weighted by Gasteiger charge is 2.39. The number of hydrogen-bond acceptors (Lipinski definition) is 10. The number of pyridine rings is 1. The fraction of sp³-hybridized carbons (Fsp3) is 0.462. The van der Waals surface area contributed by atoms with Gasteiger partial charge in [0.2, 0.25) is 17.7 Å². The molecule has 278 valence electrons. The molecule has 1 fully saturated rings. The molecule has 0 bridgehead atoms. The molecule has 0 spiro atoms. The van der Waals surface area contributed by atoms with Gasteiger partial charge in [-0.1, -0.05) is 50.1 Å². The Kier molecular flexibility index (Phi) is 14.3. The molecule has 5 rings (SSSR count). The van der Waals surface area contributed by atoms with Gasteiger partial charge >= 0.3 is 0 Å². The summed E-state index contributed by atoms with van der Waals surface area (Å²) in [6, 6.07) is 11.6. The van der Waals surface area contributed by atoms with E-state index in [0.29, 0.717) is 52.2 Å². The number of rotatable bonds is 20. The highest BCUT2D eigenvalue weighted by molar-refractivity contribution is 7.13. The van der Waals surface area contributed by atoms with Crippen molar-refractivity contribution in [3.05, 3.63) is 84.0 Å². The zero-order valence-electron chi connectivity index (χ0n) is 30.1. The fourth-order valence-electron chi connectivity index (χ4n) is 6.91. The van der Waals surface area contributed by atoms with Crippen molar-refractivity contribution in [3.63, 3.8) is 0 Å². The third-order valence-corrected chi connectivity index (χ3v) is 10.4. The van der Waals surface area contributed by atoms with Gasteiger partial charge in [0.1, 0.15) is 5.82 Å². The second-order valence-electron chi connectivity index (χ2n) is 13.2. The molecule has 52 heavy (non-hydrogen) atoms. The molecule has 3 aromatic rings. The molecule has 1 aliphatic heterocycles. The van der Waals surface area contributed by atoms with Gasteiger partial charge in [-0.15, -0.1) is 17.9 Å². The van der Waals surface area contributed by atoms with Crippen LogP contribution in [0.3, 0.4) is 0 Å². The van der Waals surface area contributed by atoms with E-state index in [1.807, 2.05) is 47.9 Å². The minimum Gasteiger partial charge on any atom is -0.379 e. The van der Waals surface area contributed by atoms with Gasteiger partial charge in [-0.25, -0.2) is 9.97 Å². The number of amides is 3. The highest BCUT2D eigenvalue weighted by Crippen LogP contribution is 2.40. The number of carbonyl (C=O) groups excluding carboxylic acids is 3. The molecular formula is C39H51N7O5S. The number of thiazole rings is 1. The summed E-state index contributed by atoms with van der Waals surface area (Å²) in [5.41, 5.74) is 3.97. The first kappa shape index (κ1) is 38.6. The molecule has 2 aliphatic rings. The normalized spacial score (nSPS) is 15.4. The Hall–Kier alpha value is -4.59. The summed E-state index contributed by atoms with van der Waals surface area (Å²) in [5, 5.41) is 14.7. The SMILES string of the molecule is C=CC(CCC(=O)NC)N1Cc2c(NC(=O)CCOCCOCCNC(=O)C3(Cc4cccc(Nc5nccs5)n4)CCCCC3)cccc2C1=C. The van der Waals surface area contributed by atoms with E-state index in [0.717, 1.165) is 71.3 Å². The van der Waals surface area contributed by atoms with Gasteiger partial charge in [0.15, 0.2) is 5.13 Å². The smallest absolute Gasteiger partial charge is 0.226 e. The van der Waals surface area contributed by atoms with Crippen LogP contribution in [0.5, 0.6) is 0 Å². The number of benzene rings is 1. The first-order chi connectivity index (χ1) is 25.3. The lowest BCUT2D eigenvalue weighted by Gasteiger charge is -2.35. The zero-order valence-corrected chi connectivity index (χ0v) is 30.9. The van der Waals surface area contributed by atoms with Crippen molar-refractivity contribution in [2.45, 2.75) is 70.4 Å². The predicted molar refractivity (Wildman–Crippen MR) is 205 cm³/mol. The average Bonchev–Trinajstić information content (AvgIpc) is 3.79. The van der Waals surface area contributed by atoms with E-state index in [1.165, 1.54) is 11.3 Å². The molecule has 2 aromatic heterocycles. The van der Waals surface area contributed by atoms with E-state index >= 15 is 0 Å². The van der Waals surface area contributed by atoms with Gasteiger partial charge < -0.3 is 35.6 Å². The predicted octanol–water partition coefficient (Wildman–Crippen LogP) is 5.82. The van der Waals surface area contributed by atoms with Gasteiger partial charge in [0.05, 0.1) is 38.3 Å². The van der Waals surface area contributed by atoms with Gasteiger partial charge in [-0.2, -0.15) is 0 Å². The summed E-state index contributed by atoms with van der Waals surface area (Å²) in [5.74, 6) is 0.620. The van der Waals surface area contributed by atoms with Crippen molar-refractivity contribution in [2.24, 2.45) is 5.41 Å². The van der Waals surface area contributed by atoms with Crippen molar-refractivity contribution in [1.82, 2.24) is 25.5 Å². The monoisotopic (exact) mass is 729 g/mol. The Balaban J connectivity index is 0.985. The number of aromatic nitrogens is 2.